The monoisotopic (exact) mass is 177 g/mol. The second kappa shape index (κ2) is 1.91. The highest BCUT2D eigenvalue weighted by Gasteiger charge is 2.64. The van der Waals surface area contributed by atoms with Gasteiger partial charge in [-0.15, -0.1) is 0 Å². The van der Waals surface area contributed by atoms with Gasteiger partial charge in [0.15, 0.2) is 0 Å². The van der Waals surface area contributed by atoms with Crippen molar-refractivity contribution in [2.75, 3.05) is 5.73 Å². The molecule has 3 heteroatoms. The zero-order valence-electron chi connectivity index (χ0n) is 8.17. The number of aryl methyl sites for hydroxylation is 1. The maximum absolute atomic E-state index is 5.88. The fraction of sp³-hybridized carbons (Fsp3) is 0.700. The van der Waals surface area contributed by atoms with Crippen LogP contribution in [0.15, 0.2) is 0 Å². The van der Waals surface area contributed by atoms with E-state index in [1.165, 1.54) is 30.5 Å². The molecule has 0 amide bonds. The molecule has 0 aliphatic heterocycles. The van der Waals surface area contributed by atoms with Gasteiger partial charge in [-0.3, -0.25) is 4.68 Å². The van der Waals surface area contributed by atoms with Gasteiger partial charge in [-0.05, 0) is 31.6 Å². The highest BCUT2D eigenvalue weighted by atomic mass is 15.3. The van der Waals surface area contributed by atoms with Crippen LogP contribution >= 0.6 is 0 Å². The van der Waals surface area contributed by atoms with Crippen LogP contribution in [-0.2, 0) is 7.05 Å². The Labute approximate surface area is 77.9 Å². The van der Waals surface area contributed by atoms with E-state index in [4.69, 9.17) is 5.73 Å². The Morgan fingerprint density at radius 1 is 1.54 bits per heavy atom. The molecule has 1 aromatic heterocycles. The molecule has 1 unspecified atom stereocenters. The topological polar surface area (TPSA) is 43.8 Å². The lowest BCUT2D eigenvalue weighted by Crippen LogP contribution is -1.97. The van der Waals surface area contributed by atoms with Crippen LogP contribution in [0.3, 0.4) is 0 Å². The molecular formula is C10H15N3. The van der Waals surface area contributed by atoms with Gasteiger partial charge >= 0.3 is 0 Å². The third kappa shape index (κ3) is 0.820. The Kier molecular flexibility index (Phi) is 1.09. The fourth-order valence-electron chi connectivity index (χ4n) is 2.44. The smallest absolute Gasteiger partial charge is 0.124 e. The second-order valence-electron chi connectivity index (χ2n) is 4.64. The van der Waals surface area contributed by atoms with Crippen LogP contribution in [0.2, 0.25) is 0 Å². The van der Waals surface area contributed by atoms with Gasteiger partial charge in [-0.2, -0.15) is 5.10 Å². The molecule has 0 bridgehead atoms. The molecular weight excluding hydrogens is 162 g/mol. The van der Waals surface area contributed by atoms with E-state index in [0.717, 1.165) is 11.7 Å². The molecule has 1 heterocycles. The normalized spacial score (nSPS) is 28.0. The lowest BCUT2D eigenvalue weighted by atomic mass is 10.1. The standard InChI is InChI=1S/C10H15N3/c1-6-8(12-13(2)9(6)11)7-5-10(7)3-4-10/h7H,3-5,11H2,1-2H3. The molecule has 2 aliphatic rings. The Balaban J connectivity index is 2.01. The molecule has 0 aromatic carbocycles. The number of aromatic nitrogens is 2. The largest absolute Gasteiger partial charge is 0.384 e. The van der Waals surface area contributed by atoms with E-state index < -0.39 is 0 Å². The van der Waals surface area contributed by atoms with Gasteiger partial charge in [0.25, 0.3) is 0 Å². The van der Waals surface area contributed by atoms with E-state index in [-0.39, 0.29) is 0 Å². The quantitative estimate of drug-likeness (QED) is 0.707. The van der Waals surface area contributed by atoms with Crippen molar-refractivity contribution in [1.29, 1.82) is 0 Å². The van der Waals surface area contributed by atoms with E-state index in [0.29, 0.717) is 5.41 Å². The molecule has 3 rings (SSSR count). The van der Waals surface area contributed by atoms with Gasteiger partial charge in [0, 0.05) is 18.5 Å². The van der Waals surface area contributed by atoms with Crippen molar-refractivity contribution in [3.8, 4) is 0 Å². The Hall–Kier alpha value is -0.990. The fourth-order valence-corrected chi connectivity index (χ4v) is 2.44. The Morgan fingerprint density at radius 2 is 2.23 bits per heavy atom. The lowest BCUT2D eigenvalue weighted by Gasteiger charge is -1.93. The Bertz CT molecular complexity index is 374. The van der Waals surface area contributed by atoms with Crippen molar-refractivity contribution in [2.24, 2.45) is 12.5 Å². The first-order chi connectivity index (χ1) is 6.14. The predicted molar refractivity (Wildman–Crippen MR) is 51.4 cm³/mol. The van der Waals surface area contributed by atoms with Crippen LogP contribution in [0.4, 0.5) is 5.82 Å². The molecule has 0 saturated heterocycles. The number of nitrogen functional groups attached to an aromatic ring is 1. The van der Waals surface area contributed by atoms with Gasteiger partial charge in [0.2, 0.25) is 0 Å². The SMILES string of the molecule is Cc1c(C2CC23CC3)nn(C)c1N. The third-order valence-corrected chi connectivity index (χ3v) is 3.79. The van der Waals surface area contributed by atoms with Crippen LogP contribution in [-0.4, -0.2) is 9.78 Å². The number of anilines is 1. The third-order valence-electron chi connectivity index (χ3n) is 3.79. The minimum Gasteiger partial charge on any atom is -0.384 e. The number of rotatable bonds is 1. The van der Waals surface area contributed by atoms with E-state index in [9.17, 15) is 0 Å². The highest BCUT2D eigenvalue weighted by molar-refractivity contribution is 5.47. The predicted octanol–water partition coefficient (Wildman–Crippen LogP) is 1.58. The number of nitrogens with zero attached hydrogens (tertiary/aromatic N) is 2. The maximum Gasteiger partial charge on any atom is 0.124 e. The van der Waals surface area contributed by atoms with Crippen molar-refractivity contribution in [2.45, 2.75) is 32.1 Å². The summed E-state index contributed by atoms with van der Waals surface area (Å²) in [5, 5.41) is 4.50. The summed E-state index contributed by atoms with van der Waals surface area (Å²) in [5.74, 6) is 1.56. The first-order valence-electron chi connectivity index (χ1n) is 4.93. The van der Waals surface area contributed by atoms with E-state index in [1.807, 2.05) is 7.05 Å². The van der Waals surface area contributed by atoms with Gasteiger partial charge in [0.05, 0.1) is 5.69 Å². The minimum atomic E-state index is 0.686. The Morgan fingerprint density at radius 3 is 2.62 bits per heavy atom. The van der Waals surface area contributed by atoms with Crippen molar-refractivity contribution < 1.29 is 0 Å². The average molecular weight is 177 g/mol. The summed E-state index contributed by atoms with van der Waals surface area (Å²) < 4.78 is 1.80. The molecule has 70 valence electrons. The van der Waals surface area contributed by atoms with Gasteiger partial charge < -0.3 is 5.73 Å². The van der Waals surface area contributed by atoms with Crippen molar-refractivity contribution in [3.63, 3.8) is 0 Å². The summed E-state index contributed by atoms with van der Waals surface area (Å²) in [6.07, 6.45) is 4.17. The van der Waals surface area contributed by atoms with E-state index in [2.05, 4.69) is 12.0 Å². The van der Waals surface area contributed by atoms with Gasteiger partial charge in [-0.25, -0.2) is 0 Å². The van der Waals surface area contributed by atoms with Crippen molar-refractivity contribution in [3.05, 3.63) is 11.3 Å². The molecule has 2 N–H and O–H groups in total. The molecule has 13 heavy (non-hydrogen) atoms. The number of nitrogens with two attached hydrogens (primary N) is 1. The van der Waals surface area contributed by atoms with E-state index in [1.54, 1.807) is 4.68 Å². The number of hydrogen-bond acceptors (Lipinski definition) is 2. The summed E-state index contributed by atoms with van der Waals surface area (Å²) in [7, 11) is 1.92. The van der Waals surface area contributed by atoms with Crippen LogP contribution in [0.1, 0.15) is 36.4 Å². The zero-order chi connectivity index (χ0) is 9.22. The summed E-state index contributed by atoms with van der Waals surface area (Å²) in [5.41, 5.74) is 9.03. The number of hydrogen-bond donors (Lipinski definition) is 1. The van der Waals surface area contributed by atoms with E-state index >= 15 is 0 Å². The average Bonchev–Trinajstić information content (AvgIpc) is 3.00. The van der Waals surface area contributed by atoms with Gasteiger partial charge in [0.1, 0.15) is 5.82 Å². The molecule has 2 aliphatic carbocycles. The van der Waals surface area contributed by atoms with Gasteiger partial charge in [-0.1, -0.05) is 0 Å². The molecule has 2 saturated carbocycles. The highest BCUT2D eigenvalue weighted by Crippen LogP contribution is 2.75. The zero-order valence-corrected chi connectivity index (χ0v) is 8.17. The van der Waals surface area contributed by atoms with Crippen LogP contribution in [0, 0.1) is 12.3 Å². The summed E-state index contributed by atoms with van der Waals surface area (Å²) in [6, 6.07) is 0. The molecule has 2 fully saturated rings. The van der Waals surface area contributed by atoms with Crippen LogP contribution in [0.5, 0.6) is 0 Å². The first kappa shape index (κ1) is 7.42. The maximum atomic E-state index is 5.88. The van der Waals surface area contributed by atoms with Crippen LogP contribution in [0.25, 0.3) is 0 Å². The lowest BCUT2D eigenvalue weighted by molar-refractivity contribution is 0.732. The molecule has 1 aromatic rings. The molecule has 1 atom stereocenters. The summed E-state index contributed by atoms with van der Waals surface area (Å²) >= 11 is 0. The molecule has 0 radical (unpaired) electrons. The summed E-state index contributed by atoms with van der Waals surface area (Å²) in [4.78, 5) is 0. The van der Waals surface area contributed by atoms with Crippen LogP contribution < -0.4 is 5.73 Å². The minimum absolute atomic E-state index is 0.686. The second-order valence-corrected chi connectivity index (χ2v) is 4.64. The van der Waals surface area contributed by atoms with Crippen molar-refractivity contribution >= 4 is 5.82 Å². The summed E-state index contributed by atoms with van der Waals surface area (Å²) in [6.45, 7) is 2.09. The van der Waals surface area contributed by atoms with Crippen molar-refractivity contribution in [1.82, 2.24) is 9.78 Å². The molecule has 1 spiro atoms. The first-order valence-corrected chi connectivity index (χ1v) is 4.93. The molecule has 3 nitrogen and oxygen atoms in total.